The minimum Gasteiger partial charge on any atom is -0.385 e. The lowest BCUT2D eigenvalue weighted by Gasteiger charge is -2.28. The van der Waals surface area contributed by atoms with Crippen LogP contribution in [-0.4, -0.2) is 55.3 Å². The van der Waals surface area contributed by atoms with E-state index in [1.165, 1.54) is 4.90 Å². The van der Waals surface area contributed by atoms with Crippen LogP contribution in [0.15, 0.2) is 30.3 Å². The molecule has 0 fully saturated rings. The molecule has 1 N–H and O–H groups in total. The molecule has 0 radical (unpaired) electrons. The van der Waals surface area contributed by atoms with Gasteiger partial charge in [-0.2, -0.15) is 0 Å². The molecule has 0 unspecified atom stereocenters. The van der Waals surface area contributed by atoms with Gasteiger partial charge in [-0.15, -0.1) is 0 Å². The Bertz CT molecular complexity index is 814. The fraction of sp³-hybridized carbons (Fsp3) is 0.400. The lowest BCUT2D eigenvalue weighted by Crippen LogP contribution is -2.43. The first-order valence-electron chi connectivity index (χ1n) is 8.84. The van der Waals surface area contributed by atoms with E-state index in [0.717, 1.165) is 35.8 Å². The molecule has 132 valence electrons. The summed E-state index contributed by atoms with van der Waals surface area (Å²) in [4.78, 5) is 29.1. The van der Waals surface area contributed by atoms with E-state index in [1.54, 1.807) is 0 Å². The fourth-order valence-corrected chi connectivity index (χ4v) is 3.17. The first-order chi connectivity index (χ1) is 12.0. The molecule has 2 aromatic carbocycles. The highest BCUT2D eigenvalue weighted by Gasteiger charge is 2.32. The number of hydrogen-bond donors (Lipinski definition) is 1. The van der Waals surface area contributed by atoms with E-state index >= 15 is 0 Å². The van der Waals surface area contributed by atoms with Gasteiger partial charge < -0.3 is 10.2 Å². The number of nitrogens with one attached hydrogen (secondary N) is 1. The Morgan fingerprint density at radius 3 is 2.56 bits per heavy atom. The zero-order chi connectivity index (χ0) is 18.0. The summed E-state index contributed by atoms with van der Waals surface area (Å²) in [6.07, 6.45) is 2.19. The van der Waals surface area contributed by atoms with Crippen molar-refractivity contribution >= 4 is 28.3 Å². The van der Waals surface area contributed by atoms with Crippen molar-refractivity contribution in [1.82, 2.24) is 9.80 Å². The van der Waals surface area contributed by atoms with Gasteiger partial charge in [0.05, 0.1) is 5.56 Å². The monoisotopic (exact) mass is 339 g/mol. The maximum Gasteiger partial charge on any atom is 0.261 e. The number of imide groups is 1. The van der Waals surface area contributed by atoms with E-state index in [9.17, 15) is 9.59 Å². The normalized spacial score (nSPS) is 13.8. The number of likely N-dealkylation sites (N-methyl/N-ethyl adjacent to an activating group) is 1. The van der Waals surface area contributed by atoms with E-state index in [-0.39, 0.29) is 11.8 Å². The second kappa shape index (κ2) is 7.23. The number of rotatable bonds is 7. The number of hydrogen-bond acceptors (Lipinski definition) is 4. The highest BCUT2D eigenvalue weighted by molar-refractivity contribution is 6.25. The molecule has 0 saturated carbocycles. The van der Waals surface area contributed by atoms with Crippen LogP contribution in [0.1, 0.15) is 40.5 Å². The molecule has 25 heavy (non-hydrogen) atoms. The number of carbonyl (C=O) groups excluding carboxylic acids is 2. The van der Waals surface area contributed by atoms with Gasteiger partial charge in [0.1, 0.15) is 0 Å². The topological polar surface area (TPSA) is 52.7 Å². The molecule has 0 bridgehead atoms. The van der Waals surface area contributed by atoms with Crippen molar-refractivity contribution in [2.75, 3.05) is 39.0 Å². The van der Waals surface area contributed by atoms with Crippen molar-refractivity contribution in [2.45, 2.75) is 19.8 Å². The third-order valence-corrected chi connectivity index (χ3v) is 4.56. The van der Waals surface area contributed by atoms with Gasteiger partial charge in [-0.3, -0.25) is 14.5 Å². The molecular formula is C20H25N3O2. The molecule has 0 saturated heterocycles. The van der Waals surface area contributed by atoms with Gasteiger partial charge in [0.15, 0.2) is 0 Å². The fourth-order valence-electron chi connectivity index (χ4n) is 3.17. The largest absolute Gasteiger partial charge is 0.385 e. The Hall–Kier alpha value is -2.40. The van der Waals surface area contributed by atoms with Gasteiger partial charge in [-0.1, -0.05) is 25.5 Å². The lowest BCUT2D eigenvalue weighted by atomic mass is 9.93. The first kappa shape index (κ1) is 17.4. The number of carbonyl (C=O) groups is 2. The predicted molar refractivity (Wildman–Crippen MR) is 101 cm³/mol. The highest BCUT2D eigenvalue weighted by Crippen LogP contribution is 2.32. The van der Waals surface area contributed by atoms with Crippen LogP contribution in [0.2, 0.25) is 0 Å². The maximum absolute atomic E-state index is 13.0. The summed E-state index contributed by atoms with van der Waals surface area (Å²) in [5.74, 6) is -0.397. The van der Waals surface area contributed by atoms with Gasteiger partial charge in [0.25, 0.3) is 11.8 Å². The zero-order valence-electron chi connectivity index (χ0n) is 15.1. The van der Waals surface area contributed by atoms with Crippen LogP contribution in [0.4, 0.5) is 5.69 Å². The molecule has 1 aliphatic heterocycles. The van der Waals surface area contributed by atoms with Crippen LogP contribution in [0.25, 0.3) is 10.8 Å². The first-order valence-corrected chi connectivity index (χ1v) is 8.84. The van der Waals surface area contributed by atoms with E-state index in [0.29, 0.717) is 24.2 Å². The second-order valence-corrected chi connectivity index (χ2v) is 6.77. The van der Waals surface area contributed by atoms with Crippen molar-refractivity contribution in [3.05, 3.63) is 41.5 Å². The van der Waals surface area contributed by atoms with Crippen molar-refractivity contribution in [3.8, 4) is 0 Å². The summed E-state index contributed by atoms with van der Waals surface area (Å²) in [6, 6.07) is 9.57. The van der Waals surface area contributed by atoms with E-state index < -0.39 is 0 Å². The molecular weight excluding hydrogens is 314 g/mol. The number of nitrogens with zero attached hydrogens (tertiary/aromatic N) is 2. The highest BCUT2D eigenvalue weighted by atomic mass is 16.2. The number of benzene rings is 2. The molecule has 2 amide bonds. The Labute approximate surface area is 148 Å². The summed E-state index contributed by atoms with van der Waals surface area (Å²) in [5, 5.41) is 5.10. The Morgan fingerprint density at radius 1 is 1.08 bits per heavy atom. The van der Waals surface area contributed by atoms with Crippen LogP contribution in [-0.2, 0) is 0 Å². The molecule has 5 heteroatoms. The maximum atomic E-state index is 13.0. The van der Waals surface area contributed by atoms with Crippen molar-refractivity contribution in [1.29, 1.82) is 0 Å². The van der Waals surface area contributed by atoms with Crippen LogP contribution in [0, 0.1) is 0 Å². The summed E-state index contributed by atoms with van der Waals surface area (Å²) >= 11 is 0. The minimum atomic E-state index is -0.199. The molecule has 0 aliphatic carbocycles. The van der Waals surface area contributed by atoms with Crippen molar-refractivity contribution in [2.24, 2.45) is 0 Å². The quantitative estimate of drug-likeness (QED) is 0.622. The van der Waals surface area contributed by atoms with E-state index in [2.05, 4.69) is 12.2 Å². The molecule has 0 atom stereocenters. The second-order valence-electron chi connectivity index (χ2n) is 6.77. The summed E-state index contributed by atoms with van der Waals surface area (Å²) in [6.45, 7) is 4.07. The van der Waals surface area contributed by atoms with Gasteiger partial charge >= 0.3 is 0 Å². The summed E-state index contributed by atoms with van der Waals surface area (Å²) < 4.78 is 0. The molecule has 3 rings (SSSR count). The smallest absolute Gasteiger partial charge is 0.261 e. The predicted octanol–water partition coefficient (Wildman–Crippen LogP) is 3.21. The molecule has 5 nitrogen and oxygen atoms in total. The number of amides is 2. The average Bonchev–Trinajstić information content (AvgIpc) is 2.59. The standard InChI is InChI=1S/C20H25N3O2/c1-4-5-9-21-15-12-14-7-6-8-16-18(14)17(13-15)20(25)23(19(16)24)11-10-22(2)3/h6-8,12-13,21H,4-5,9-11H2,1-3H3. The average molecular weight is 339 g/mol. The molecule has 2 aromatic rings. The SMILES string of the molecule is CCCCNc1cc2c3c(cccc3c1)C(=O)N(CCN(C)C)C2=O. The van der Waals surface area contributed by atoms with Crippen molar-refractivity contribution in [3.63, 3.8) is 0 Å². The summed E-state index contributed by atoms with van der Waals surface area (Å²) in [5.41, 5.74) is 2.17. The van der Waals surface area contributed by atoms with Crippen LogP contribution in [0.5, 0.6) is 0 Å². The molecule has 1 aliphatic rings. The van der Waals surface area contributed by atoms with Crippen LogP contribution >= 0.6 is 0 Å². The number of unbranched alkanes of at least 4 members (excludes halogenated alkanes) is 1. The minimum absolute atomic E-state index is 0.198. The zero-order valence-corrected chi connectivity index (χ0v) is 15.1. The third-order valence-electron chi connectivity index (χ3n) is 4.56. The van der Waals surface area contributed by atoms with E-state index in [1.807, 2.05) is 49.3 Å². The third kappa shape index (κ3) is 3.37. The molecule has 1 heterocycles. The van der Waals surface area contributed by atoms with Crippen LogP contribution in [0.3, 0.4) is 0 Å². The van der Waals surface area contributed by atoms with Gasteiger partial charge in [-0.05, 0) is 44.1 Å². The van der Waals surface area contributed by atoms with Gasteiger partial charge in [0, 0.05) is 36.3 Å². The Kier molecular flexibility index (Phi) is 5.04. The molecule has 0 spiro atoms. The van der Waals surface area contributed by atoms with Gasteiger partial charge in [-0.25, -0.2) is 0 Å². The van der Waals surface area contributed by atoms with Gasteiger partial charge in [0.2, 0.25) is 0 Å². The van der Waals surface area contributed by atoms with E-state index in [4.69, 9.17) is 0 Å². The van der Waals surface area contributed by atoms with Crippen molar-refractivity contribution < 1.29 is 9.59 Å². The lowest BCUT2D eigenvalue weighted by molar-refractivity contribution is 0.0601. The Morgan fingerprint density at radius 2 is 1.84 bits per heavy atom. The van der Waals surface area contributed by atoms with Crippen LogP contribution < -0.4 is 5.32 Å². The summed E-state index contributed by atoms with van der Waals surface area (Å²) in [7, 11) is 3.87. The Balaban J connectivity index is 2.02. The molecule has 0 aromatic heterocycles. The number of anilines is 1.